The van der Waals surface area contributed by atoms with Crippen molar-refractivity contribution in [1.82, 2.24) is 10.2 Å². The first kappa shape index (κ1) is 14.5. The lowest BCUT2D eigenvalue weighted by Gasteiger charge is -2.30. The summed E-state index contributed by atoms with van der Waals surface area (Å²) in [6.07, 6.45) is 2.87. The second kappa shape index (κ2) is 7.00. The molecule has 1 rings (SSSR count). The normalized spacial score (nSPS) is 21.8. The maximum absolute atomic E-state index is 12.3. The molecule has 0 radical (unpaired) electrons. The number of hydrogen-bond acceptors (Lipinski definition) is 2. The van der Waals surface area contributed by atoms with E-state index >= 15 is 0 Å². The van der Waals surface area contributed by atoms with Crippen LogP contribution < -0.4 is 5.32 Å². The number of nitrogens with one attached hydrogen (secondary N) is 1. The fraction of sp³-hybridized carbons (Fsp3) is 0.929. The molecule has 17 heavy (non-hydrogen) atoms. The van der Waals surface area contributed by atoms with E-state index in [2.05, 4.69) is 37.9 Å². The van der Waals surface area contributed by atoms with Crippen LogP contribution >= 0.6 is 0 Å². The standard InChI is InChI=1S/C14H28N2O/c1-5-8-16(13-6-7-15-10-13)14(17)9-12(4)11(2)3/h11-13,15H,5-10H2,1-4H3. The molecule has 0 saturated carbocycles. The van der Waals surface area contributed by atoms with Crippen molar-refractivity contribution in [2.75, 3.05) is 19.6 Å². The summed E-state index contributed by atoms with van der Waals surface area (Å²) in [5.41, 5.74) is 0. The summed E-state index contributed by atoms with van der Waals surface area (Å²) in [4.78, 5) is 14.4. The van der Waals surface area contributed by atoms with Gasteiger partial charge < -0.3 is 10.2 Å². The molecule has 3 nitrogen and oxygen atoms in total. The Kier molecular flexibility index (Phi) is 5.96. The molecule has 100 valence electrons. The van der Waals surface area contributed by atoms with Gasteiger partial charge in [-0.25, -0.2) is 0 Å². The average Bonchev–Trinajstić information content (AvgIpc) is 2.78. The molecular formula is C14H28N2O. The van der Waals surface area contributed by atoms with Gasteiger partial charge in [-0.2, -0.15) is 0 Å². The van der Waals surface area contributed by atoms with Gasteiger partial charge in [-0.05, 0) is 31.2 Å². The molecule has 1 fully saturated rings. The molecule has 0 spiro atoms. The van der Waals surface area contributed by atoms with E-state index in [-0.39, 0.29) is 0 Å². The Labute approximate surface area is 106 Å². The Bertz CT molecular complexity index is 234. The van der Waals surface area contributed by atoms with Crippen LogP contribution in [0, 0.1) is 11.8 Å². The highest BCUT2D eigenvalue weighted by molar-refractivity contribution is 5.76. The Morgan fingerprint density at radius 3 is 2.59 bits per heavy atom. The lowest BCUT2D eigenvalue weighted by atomic mass is 9.94. The van der Waals surface area contributed by atoms with E-state index in [1.807, 2.05) is 0 Å². The minimum Gasteiger partial charge on any atom is -0.338 e. The number of nitrogens with zero attached hydrogens (tertiary/aromatic N) is 1. The second-order valence-electron chi connectivity index (χ2n) is 5.66. The highest BCUT2D eigenvalue weighted by Gasteiger charge is 2.26. The molecule has 1 aliphatic rings. The summed E-state index contributed by atoms with van der Waals surface area (Å²) in [6.45, 7) is 11.7. The van der Waals surface area contributed by atoms with Crippen molar-refractivity contribution in [3.05, 3.63) is 0 Å². The molecule has 1 aliphatic heterocycles. The number of carbonyl (C=O) groups excluding carboxylic acids is 1. The van der Waals surface area contributed by atoms with Crippen molar-refractivity contribution in [2.45, 2.75) is 53.0 Å². The van der Waals surface area contributed by atoms with Gasteiger partial charge in [0.1, 0.15) is 0 Å². The lowest BCUT2D eigenvalue weighted by Crippen LogP contribution is -2.42. The quantitative estimate of drug-likeness (QED) is 0.772. The number of rotatable bonds is 6. The summed E-state index contributed by atoms with van der Waals surface area (Å²) >= 11 is 0. The Balaban J connectivity index is 2.53. The molecule has 2 unspecified atom stereocenters. The predicted octanol–water partition coefficient (Wildman–Crippen LogP) is 2.27. The molecule has 3 heteroatoms. The van der Waals surface area contributed by atoms with Gasteiger partial charge in [0.05, 0.1) is 0 Å². The molecule has 0 aliphatic carbocycles. The fourth-order valence-corrected chi connectivity index (χ4v) is 2.29. The van der Waals surface area contributed by atoms with Crippen LogP contribution in [0.1, 0.15) is 47.0 Å². The minimum absolute atomic E-state index is 0.349. The van der Waals surface area contributed by atoms with E-state index in [9.17, 15) is 4.79 Å². The van der Waals surface area contributed by atoms with E-state index in [0.717, 1.165) is 32.5 Å². The smallest absolute Gasteiger partial charge is 0.223 e. The van der Waals surface area contributed by atoms with Crippen LogP contribution in [0.2, 0.25) is 0 Å². The summed E-state index contributed by atoms with van der Waals surface area (Å²) in [7, 11) is 0. The first-order chi connectivity index (χ1) is 8.06. The third-order valence-corrected chi connectivity index (χ3v) is 3.89. The van der Waals surface area contributed by atoms with Gasteiger partial charge in [0.25, 0.3) is 0 Å². The van der Waals surface area contributed by atoms with Crippen LogP contribution in [0.3, 0.4) is 0 Å². The molecule has 1 saturated heterocycles. The topological polar surface area (TPSA) is 32.3 Å². The van der Waals surface area contributed by atoms with Gasteiger partial charge in [-0.1, -0.05) is 27.7 Å². The van der Waals surface area contributed by atoms with E-state index in [1.165, 1.54) is 0 Å². The van der Waals surface area contributed by atoms with E-state index in [4.69, 9.17) is 0 Å². The Morgan fingerprint density at radius 2 is 2.12 bits per heavy atom. The van der Waals surface area contributed by atoms with Gasteiger partial charge in [0.2, 0.25) is 5.91 Å². The fourth-order valence-electron chi connectivity index (χ4n) is 2.29. The summed E-state index contributed by atoms with van der Waals surface area (Å²) in [5, 5.41) is 3.35. The number of amides is 1. The maximum atomic E-state index is 12.3. The second-order valence-corrected chi connectivity index (χ2v) is 5.66. The van der Waals surface area contributed by atoms with E-state index < -0.39 is 0 Å². The van der Waals surface area contributed by atoms with Crippen molar-refractivity contribution >= 4 is 5.91 Å². The molecule has 1 heterocycles. The first-order valence-corrected chi connectivity index (χ1v) is 7.06. The van der Waals surface area contributed by atoms with Crippen molar-refractivity contribution in [3.8, 4) is 0 Å². The molecule has 0 aromatic rings. The van der Waals surface area contributed by atoms with Crippen molar-refractivity contribution in [2.24, 2.45) is 11.8 Å². The van der Waals surface area contributed by atoms with Gasteiger partial charge in [-0.15, -0.1) is 0 Å². The van der Waals surface area contributed by atoms with Gasteiger partial charge in [-0.3, -0.25) is 4.79 Å². The zero-order valence-corrected chi connectivity index (χ0v) is 11.8. The summed E-state index contributed by atoms with van der Waals surface area (Å²) < 4.78 is 0. The van der Waals surface area contributed by atoms with Gasteiger partial charge in [0, 0.05) is 25.6 Å². The largest absolute Gasteiger partial charge is 0.338 e. The lowest BCUT2D eigenvalue weighted by molar-refractivity contribution is -0.134. The third-order valence-electron chi connectivity index (χ3n) is 3.89. The molecule has 2 atom stereocenters. The zero-order valence-electron chi connectivity index (χ0n) is 11.8. The van der Waals surface area contributed by atoms with Crippen LogP contribution in [-0.2, 0) is 4.79 Å². The van der Waals surface area contributed by atoms with Crippen LogP contribution in [0.4, 0.5) is 0 Å². The average molecular weight is 240 g/mol. The molecule has 1 N–H and O–H groups in total. The molecular weight excluding hydrogens is 212 g/mol. The van der Waals surface area contributed by atoms with Gasteiger partial charge >= 0.3 is 0 Å². The maximum Gasteiger partial charge on any atom is 0.223 e. The SMILES string of the molecule is CCCN(C(=O)CC(C)C(C)C)C1CCNC1. The number of hydrogen-bond donors (Lipinski definition) is 1. The summed E-state index contributed by atoms with van der Waals surface area (Å²) in [6, 6.07) is 0.432. The summed E-state index contributed by atoms with van der Waals surface area (Å²) in [5.74, 6) is 1.42. The molecule has 0 aromatic carbocycles. The van der Waals surface area contributed by atoms with Crippen LogP contribution in [0.5, 0.6) is 0 Å². The van der Waals surface area contributed by atoms with E-state index in [0.29, 0.717) is 30.2 Å². The minimum atomic E-state index is 0.349. The van der Waals surface area contributed by atoms with Gasteiger partial charge in [0.15, 0.2) is 0 Å². The van der Waals surface area contributed by atoms with Crippen molar-refractivity contribution in [3.63, 3.8) is 0 Å². The Hall–Kier alpha value is -0.570. The van der Waals surface area contributed by atoms with E-state index in [1.54, 1.807) is 0 Å². The van der Waals surface area contributed by atoms with Crippen LogP contribution in [-0.4, -0.2) is 36.5 Å². The predicted molar refractivity (Wildman–Crippen MR) is 71.9 cm³/mol. The third kappa shape index (κ3) is 4.30. The highest BCUT2D eigenvalue weighted by Crippen LogP contribution is 2.18. The van der Waals surface area contributed by atoms with Crippen molar-refractivity contribution in [1.29, 1.82) is 0 Å². The molecule has 1 amide bonds. The first-order valence-electron chi connectivity index (χ1n) is 7.06. The Morgan fingerprint density at radius 1 is 1.41 bits per heavy atom. The van der Waals surface area contributed by atoms with Crippen LogP contribution in [0.25, 0.3) is 0 Å². The van der Waals surface area contributed by atoms with Crippen LogP contribution in [0.15, 0.2) is 0 Å². The molecule has 0 aromatic heterocycles. The monoisotopic (exact) mass is 240 g/mol. The number of carbonyl (C=O) groups is 1. The zero-order chi connectivity index (χ0) is 12.8. The molecule has 0 bridgehead atoms. The van der Waals surface area contributed by atoms with Crippen molar-refractivity contribution < 1.29 is 4.79 Å². The highest BCUT2D eigenvalue weighted by atomic mass is 16.2.